The zero-order chi connectivity index (χ0) is 16.3. The molecule has 120 valence electrons. The van der Waals surface area contributed by atoms with E-state index < -0.39 is 0 Å². The van der Waals surface area contributed by atoms with Gasteiger partial charge in [0.25, 0.3) is 0 Å². The summed E-state index contributed by atoms with van der Waals surface area (Å²) in [7, 11) is 0. The van der Waals surface area contributed by atoms with E-state index >= 15 is 0 Å². The molecule has 1 aliphatic heterocycles. The molecule has 2 saturated carbocycles. The Bertz CT molecular complexity index is 718. The second-order valence-electron chi connectivity index (χ2n) is 6.59. The van der Waals surface area contributed by atoms with Crippen LogP contribution in [0.5, 0.6) is 0 Å². The molecule has 3 fully saturated rings. The van der Waals surface area contributed by atoms with Gasteiger partial charge in [-0.3, -0.25) is 14.4 Å². The number of anilines is 1. The molecule has 1 aromatic rings. The Morgan fingerprint density at radius 3 is 2.83 bits per heavy atom. The van der Waals surface area contributed by atoms with Crippen molar-refractivity contribution in [1.29, 1.82) is 0 Å². The van der Waals surface area contributed by atoms with E-state index in [1.807, 2.05) is 0 Å². The van der Waals surface area contributed by atoms with Crippen LogP contribution in [0.2, 0.25) is 0 Å². The predicted molar refractivity (Wildman–Crippen MR) is 86.2 cm³/mol. The molecule has 0 unspecified atom stereocenters. The average Bonchev–Trinajstić information content (AvgIpc) is 3.11. The van der Waals surface area contributed by atoms with Gasteiger partial charge in [0.15, 0.2) is 5.78 Å². The highest BCUT2D eigenvalue weighted by atomic mass is 79.9. The Labute approximate surface area is 141 Å². The number of Topliss-reactive ketones (excluding diaryl/α,β-unsaturated/α-hetero) is 1. The molecular weight excluding hydrogens is 362 g/mol. The molecule has 2 aliphatic carbocycles. The largest absolute Gasteiger partial charge is 0.461 e. The number of benzene rings is 1. The fraction of sp³-hybridized carbons (Fsp3) is 0.471. The van der Waals surface area contributed by atoms with E-state index in [0.29, 0.717) is 11.3 Å². The van der Waals surface area contributed by atoms with Crippen molar-refractivity contribution in [2.24, 2.45) is 23.7 Å². The summed E-state index contributed by atoms with van der Waals surface area (Å²) in [6.45, 7) is 1.49. The second kappa shape index (κ2) is 5.16. The number of alkyl halides is 1. The van der Waals surface area contributed by atoms with Crippen LogP contribution in [0.3, 0.4) is 0 Å². The molecule has 5 nitrogen and oxygen atoms in total. The first kappa shape index (κ1) is 14.9. The summed E-state index contributed by atoms with van der Waals surface area (Å²) in [6, 6.07) is 6.86. The molecule has 1 N–H and O–H groups in total. The van der Waals surface area contributed by atoms with E-state index in [9.17, 15) is 14.4 Å². The second-order valence-corrected chi connectivity index (χ2v) is 7.64. The lowest BCUT2D eigenvalue weighted by Crippen LogP contribution is -2.40. The zero-order valence-electron chi connectivity index (χ0n) is 12.5. The summed E-state index contributed by atoms with van der Waals surface area (Å²) in [5.74, 6) is -0.879. The molecule has 1 saturated heterocycles. The van der Waals surface area contributed by atoms with Gasteiger partial charge in [-0.25, -0.2) is 0 Å². The van der Waals surface area contributed by atoms with E-state index in [4.69, 9.17) is 4.74 Å². The average molecular weight is 378 g/mol. The molecule has 0 aromatic heterocycles. The van der Waals surface area contributed by atoms with E-state index in [-0.39, 0.29) is 52.3 Å². The third-order valence-corrected chi connectivity index (χ3v) is 6.56. The summed E-state index contributed by atoms with van der Waals surface area (Å²) in [6.07, 6.45) is 0.769. The minimum Gasteiger partial charge on any atom is -0.461 e. The highest BCUT2D eigenvalue weighted by molar-refractivity contribution is 9.09. The standard InChI is InChI=1S/C17H16BrNO4/c1-7(20)8-3-2-4-9(5-8)19-16(21)12-10-6-11-13(12)17(22)23-15(11)14(10)18/h2-5,10-15H,6H2,1H3,(H,19,21)/t10-,11-,12-,13-,14-,15+/m1/s1. The van der Waals surface area contributed by atoms with Crippen molar-refractivity contribution in [2.45, 2.75) is 24.3 Å². The van der Waals surface area contributed by atoms with Crippen molar-refractivity contribution in [3.05, 3.63) is 29.8 Å². The van der Waals surface area contributed by atoms with Gasteiger partial charge in [0.1, 0.15) is 6.10 Å². The molecule has 6 heteroatoms. The van der Waals surface area contributed by atoms with Crippen molar-refractivity contribution in [1.82, 2.24) is 0 Å². The van der Waals surface area contributed by atoms with Crippen LogP contribution in [0.1, 0.15) is 23.7 Å². The van der Waals surface area contributed by atoms with Gasteiger partial charge in [-0.05, 0) is 31.4 Å². The number of fused-ring (bicyclic) bond motifs is 1. The number of esters is 1. The molecule has 3 aliphatic rings. The van der Waals surface area contributed by atoms with Gasteiger partial charge in [-0.15, -0.1) is 0 Å². The topological polar surface area (TPSA) is 72.5 Å². The van der Waals surface area contributed by atoms with Crippen LogP contribution in [-0.2, 0) is 14.3 Å². The van der Waals surface area contributed by atoms with Crippen molar-refractivity contribution in [3.8, 4) is 0 Å². The Kier molecular flexibility index (Phi) is 3.34. The Balaban J connectivity index is 1.57. The molecule has 1 heterocycles. The number of ether oxygens (including phenoxy) is 1. The summed E-state index contributed by atoms with van der Waals surface area (Å²) >= 11 is 3.60. The molecule has 4 rings (SSSR count). The van der Waals surface area contributed by atoms with Crippen molar-refractivity contribution >= 4 is 39.3 Å². The Morgan fingerprint density at radius 1 is 1.30 bits per heavy atom. The lowest BCUT2D eigenvalue weighted by Gasteiger charge is -2.27. The number of amides is 1. The molecule has 0 spiro atoms. The van der Waals surface area contributed by atoms with Crippen molar-refractivity contribution < 1.29 is 19.1 Å². The maximum atomic E-state index is 12.7. The van der Waals surface area contributed by atoms with Gasteiger partial charge < -0.3 is 10.1 Å². The van der Waals surface area contributed by atoms with Crippen LogP contribution in [0, 0.1) is 23.7 Å². The lowest BCUT2D eigenvalue weighted by molar-refractivity contribution is -0.145. The van der Waals surface area contributed by atoms with Gasteiger partial charge in [-0.2, -0.15) is 0 Å². The van der Waals surface area contributed by atoms with Gasteiger partial charge in [0, 0.05) is 17.2 Å². The number of hydrogen-bond acceptors (Lipinski definition) is 4. The zero-order valence-corrected chi connectivity index (χ0v) is 14.1. The minimum atomic E-state index is -0.364. The van der Waals surface area contributed by atoms with Crippen molar-refractivity contribution in [3.63, 3.8) is 0 Å². The number of rotatable bonds is 3. The number of hydrogen-bond donors (Lipinski definition) is 1. The highest BCUT2D eigenvalue weighted by Gasteiger charge is 2.67. The van der Waals surface area contributed by atoms with Crippen LogP contribution in [0.15, 0.2) is 24.3 Å². The normalized spacial score (nSPS) is 36.9. The minimum absolute atomic E-state index is 0.0505. The fourth-order valence-electron chi connectivity index (χ4n) is 4.37. The van der Waals surface area contributed by atoms with E-state index in [0.717, 1.165) is 6.42 Å². The van der Waals surface area contributed by atoms with E-state index in [1.54, 1.807) is 24.3 Å². The molecule has 2 bridgehead atoms. The van der Waals surface area contributed by atoms with Crippen LogP contribution in [0.4, 0.5) is 5.69 Å². The molecule has 6 atom stereocenters. The lowest BCUT2D eigenvalue weighted by atomic mass is 9.79. The van der Waals surface area contributed by atoms with E-state index in [1.165, 1.54) is 6.92 Å². The third kappa shape index (κ3) is 2.15. The van der Waals surface area contributed by atoms with Crippen LogP contribution < -0.4 is 5.32 Å². The number of carbonyl (C=O) groups is 3. The first-order valence-electron chi connectivity index (χ1n) is 7.74. The van der Waals surface area contributed by atoms with Gasteiger partial charge in [0.05, 0.1) is 16.7 Å². The fourth-order valence-corrected chi connectivity index (χ4v) is 5.42. The molecule has 1 aromatic carbocycles. The smallest absolute Gasteiger partial charge is 0.310 e. The molecule has 0 radical (unpaired) electrons. The first-order valence-corrected chi connectivity index (χ1v) is 8.65. The maximum absolute atomic E-state index is 12.7. The molecular formula is C17H16BrNO4. The number of halogens is 1. The summed E-state index contributed by atoms with van der Waals surface area (Å²) < 4.78 is 5.42. The molecule has 23 heavy (non-hydrogen) atoms. The number of nitrogens with one attached hydrogen (secondary N) is 1. The van der Waals surface area contributed by atoms with Gasteiger partial charge in [0.2, 0.25) is 5.91 Å². The third-order valence-electron chi connectivity index (χ3n) is 5.36. The summed E-state index contributed by atoms with van der Waals surface area (Å²) in [5, 5.41) is 2.87. The first-order chi connectivity index (χ1) is 11.0. The predicted octanol–water partition coefficient (Wildman–Crippen LogP) is 2.40. The Hall–Kier alpha value is -1.69. The van der Waals surface area contributed by atoms with Crippen LogP contribution in [0.25, 0.3) is 0 Å². The Morgan fingerprint density at radius 2 is 2.09 bits per heavy atom. The van der Waals surface area contributed by atoms with Crippen LogP contribution >= 0.6 is 15.9 Å². The van der Waals surface area contributed by atoms with Gasteiger partial charge in [-0.1, -0.05) is 28.1 Å². The number of carbonyl (C=O) groups excluding carboxylic acids is 3. The summed E-state index contributed by atoms with van der Waals surface area (Å²) in [4.78, 5) is 36.3. The van der Waals surface area contributed by atoms with Crippen LogP contribution in [-0.4, -0.2) is 28.6 Å². The summed E-state index contributed by atoms with van der Waals surface area (Å²) in [5.41, 5.74) is 1.13. The van der Waals surface area contributed by atoms with Crippen molar-refractivity contribution in [2.75, 3.05) is 5.32 Å². The quantitative estimate of drug-likeness (QED) is 0.498. The van der Waals surface area contributed by atoms with Gasteiger partial charge >= 0.3 is 5.97 Å². The highest BCUT2D eigenvalue weighted by Crippen LogP contribution is 2.60. The SMILES string of the molecule is CC(=O)c1cccc(NC(=O)[C@@H]2[C@H]3C[C@H]4[C@H](OC(=O)[C@H]42)[C@@H]3Br)c1. The van der Waals surface area contributed by atoms with E-state index in [2.05, 4.69) is 21.2 Å². The molecule has 1 amide bonds. The number of ketones is 1. The maximum Gasteiger partial charge on any atom is 0.310 e. The monoisotopic (exact) mass is 377 g/mol.